The average Bonchev–Trinajstić information content (AvgIpc) is 2.77. The summed E-state index contributed by atoms with van der Waals surface area (Å²) in [5.74, 6) is -0.471. The van der Waals surface area contributed by atoms with Crippen LogP contribution in [0.2, 0.25) is 0 Å². The second-order valence-corrected chi connectivity index (χ2v) is 5.79. The maximum Gasteiger partial charge on any atom is 0.320 e. The van der Waals surface area contributed by atoms with Gasteiger partial charge in [-0.2, -0.15) is 0 Å². The molecule has 19 heavy (non-hydrogen) atoms. The van der Waals surface area contributed by atoms with Crippen molar-refractivity contribution in [1.29, 1.82) is 0 Å². The van der Waals surface area contributed by atoms with Crippen LogP contribution in [0.15, 0.2) is 0 Å². The molecule has 0 aromatic heterocycles. The summed E-state index contributed by atoms with van der Waals surface area (Å²) in [6.45, 7) is 5.52. The van der Waals surface area contributed by atoms with E-state index >= 15 is 0 Å². The normalized spacial score (nSPS) is 23.4. The zero-order chi connectivity index (χ0) is 13.9. The topological polar surface area (TPSA) is 48.0 Å². The van der Waals surface area contributed by atoms with Crippen LogP contribution in [0, 0.1) is 0 Å². The van der Waals surface area contributed by atoms with Gasteiger partial charge in [0.1, 0.15) is 0 Å². The Labute approximate surface area is 115 Å². The highest BCUT2D eigenvalue weighted by molar-refractivity contribution is 5.71. The van der Waals surface area contributed by atoms with Gasteiger partial charge in [0.15, 0.2) is 5.79 Å². The smallest absolute Gasteiger partial charge is 0.320 e. The SMILES string of the molecule is CC(C)OC(=O)CN(C)C1CCC2(CC1)OCCO2. The van der Waals surface area contributed by atoms with E-state index in [2.05, 4.69) is 4.90 Å². The minimum atomic E-state index is -0.324. The zero-order valence-corrected chi connectivity index (χ0v) is 12.2. The molecule has 1 saturated heterocycles. The van der Waals surface area contributed by atoms with Crippen LogP contribution in [-0.4, -0.2) is 55.6 Å². The van der Waals surface area contributed by atoms with Crippen LogP contribution in [-0.2, 0) is 19.0 Å². The Morgan fingerprint density at radius 3 is 2.42 bits per heavy atom. The molecular weight excluding hydrogens is 246 g/mol. The standard InChI is InChI=1S/C14H25NO4/c1-11(2)19-13(16)10-15(3)12-4-6-14(7-5-12)17-8-9-18-14/h11-12H,4-10H2,1-3H3. The number of ether oxygens (including phenoxy) is 3. The Balaban J connectivity index is 1.75. The van der Waals surface area contributed by atoms with Crippen molar-refractivity contribution in [3.63, 3.8) is 0 Å². The van der Waals surface area contributed by atoms with E-state index in [9.17, 15) is 4.79 Å². The lowest BCUT2D eigenvalue weighted by Crippen LogP contribution is -2.44. The third kappa shape index (κ3) is 3.91. The van der Waals surface area contributed by atoms with E-state index in [0.717, 1.165) is 25.7 Å². The van der Waals surface area contributed by atoms with E-state index in [1.807, 2.05) is 20.9 Å². The monoisotopic (exact) mass is 271 g/mol. The van der Waals surface area contributed by atoms with Crippen molar-refractivity contribution in [2.45, 2.75) is 57.5 Å². The number of carbonyl (C=O) groups excluding carboxylic acids is 1. The van der Waals surface area contributed by atoms with Gasteiger partial charge in [0, 0.05) is 18.9 Å². The maximum atomic E-state index is 11.6. The lowest BCUT2D eigenvalue weighted by atomic mass is 9.89. The molecule has 0 amide bonds. The molecule has 0 bridgehead atoms. The molecule has 2 aliphatic rings. The predicted molar refractivity (Wildman–Crippen MR) is 70.7 cm³/mol. The van der Waals surface area contributed by atoms with Gasteiger partial charge in [-0.25, -0.2) is 0 Å². The molecule has 110 valence electrons. The molecule has 5 nitrogen and oxygen atoms in total. The minimum Gasteiger partial charge on any atom is -0.462 e. The summed E-state index contributed by atoms with van der Waals surface area (Å²) in [6.07, 6.45) is 3.80. The number of esters is 1. The molecule has 5 heteroatoms. The summed E-state index contributed by atoms with van der Waals surface area (Å²) in [4.78, 5) is 13.7. The van der Waals surface area contributed by atoms with E-state index in [-0.39, 0.29) is 17.9 Å². The highest BCUT2D eigenvalue weighted by atomic mass is 16.7. The number of carbonyl (C=O) groups is 1. The second-order valence-electron chi connectivity index (χ2n) is 5.79. The number of rotatable bonds is 4. The van der Waals surface area contributed by atoms with E-state index in [4.69, 9.17) is 14.2 Å². The lowest BCUT2D eigenvalue weighted by molar-refractivity contribution is -0.183. The van der Waals surface area contributed by atoms with E-state index < -0.39 is 0 Å². The van der Waals surface area contributed by atoms with Crippen LogP contribution < -0.4 is 0 Å². The Morgan fingerprint density at radius 1 is 1.32 bits per heavy atom. The summed E-state index contributed by atoms with van der Waals surface area (Å²) in [6, 6.07) is 0.415. The molecule has 0 aromatic carbocycles. The molecule has 1 heterocycles. The van der Waals surface area contributed by atoms with Gasteiger partial charge in [0.05, 0.1) is 25.9 Å². The Morgan fingerprint density at radius 2 is 1.89 bits per heavy atom. The van der Waals surface area contributed by atoms with Gasteiger partial charge in [-0.05, 0) is 33.7 Å². The molecule has 0 aromatic rings. The van der Waals surface area contributed by atoms with Crippen molar-refractivity contribution in [2.24, 2.45) is 0 Å². The van der Waals surface area contributed by atoms with Crippen molar-refractivity contribution < 1.29 is 19.0 Å². The van der Waals surface area contributed by atoms with Crippen LogP contribution in [0.5, 0.6) is 0 Å². The molecular formula is C14H25NO4. The summed E-state index contributed by atoms with van der Waals surface area (Å²) < 4.78 is 16.6. The van der Waals surface area contributed by atoms with Crippen molar-refractivity contribution in [3.05, 3.63) is 0 Å². The van der Waals surface area contributed by atoms with Crippen LogP contribution in [0.4, 0.5) is 0 Å². The number of hydrogen-bond acceptors (Lipinski definition) is 5. The Bertz CT molecular complexity index is 303. The van der Waals surface area contributed by atoms with E-state index in [0.29, 0.717) is 25.8 Å². The third-order valence-electron chi connectivity index (χ3n) is 3.90. The Kier molecular flexibility index (Phi) is 4.81. The first-order chi connectivity index (χ1) is 9.01. The summed E-state index contributed by atoms with van der Waals surface area (Å²) in [7, 11) is 1.99. The lowest BCUT2D eigenvalue weighted by Gasteiger charge is -2.38. The zero-order valence-electron chi connectivity index (χ0n) is 12.2. The van der Waals surface area contributed by atoms with E-state index in [1.165, 1.54) is 0 Å². The third-order valence-corrected chi connectivity index (χ3v) is 3.90. The highest BCUT2D eigenvalue weighted by Crippen LogP contribution is 2.36. The van der Waals surface area contributed by atoms with Crippen LogP contribution in [0.1, 0.15) is 39.5 Å². The van der Waals surface area contributed by atoms with Gasteiger partial charge in [-0.1, -0.05) is 0 Å². The summed E-state index contributed by atoms with van der Waals surface area (Å²) in [5.41, 5.74) is 0. The first-order valence-corrected chi connectivity index (χ1v) is 7.18. The van der Waals surface area contributed by atoms with Gasteiger partial charge in [-0.15, -0.1) is 0 Å². The van der Waals surface area contributed by atoms with Crippen molar-refractivity contribution in [3.8, 4) is 0 Å². The second kappa shape index (κ2) is 6.20. The molecule has 2 fully saturated rings. The number of likely N-dealkylation sites (N-methyl/N-ethyl adjacent to an activating group) is 1. The average molecular weight is 271 g/mol. The van der Waals surface area contributed by atoms with Gasteiger partial charge in [0.25, 0.3) is 0 Å². The minimum absolute atomic E-state index is 0.0455. The Hall–Kier alpha value is -0.650. The molecule has 1 aliphatic carbocycles. The quantitative estimate of drug-likeness (QED) is 0.726. The molecule has 0 N–H and O–H groups in total. The fourth-order valence-electron chi connectivity index (χ4n) is 2.90. The predicted octanol–water partition coefficient (Wildman–Crippen LogP) is 1.56. The maximum absolute atomic E-state index is 11.6. The molecule has 1 aliphatic heterocycles. The van der Waals surface area contributed by atoms with Crippen molar-refractivity contribution in [1.82, 2.24) is 4.90 Å². The fraction of sp³-hybridized carbons (Fsp3) is 0.929. The van der Waals surface area contributed by atoms with Gasteiger partial charge in [-0.3, -0.25) is 9.69 Å². The number of hydrogen-bond donors (Lipinski definition) is 0. The van der Waals surface area contributed by atoms with Crippen LogP contribution >= 0.6 is 0 Å². The summed E-state index contributed by atoms with van der Waals surface area (Å²) >= 11 is 0. The molecule has 0 unspecified atom stereocenters. The van der Waals surface area contributed by atoms with Crippen LogP contribution in [0.25, 0.3) is 0 Å². The molecule has 0 radical (unpaired) electrons. The molecule has 2 rings (SSSR count). The molecule has 1 saturated carbocycles. The van der Waals surface area contributed by atoms with Gasteiger partial charge in [0.2, 0.25) is 0 Å². The van der Waals surface area contributed by atoms with Crippen molar-refractivity contribution >= 4 is 5.97 Å². The first-order valence-electron chi connectivity index (χ1n) is 7.18. The molecule has 1 spiro atoms. The van der Waals surface area contributed by atoms with Crippen molar-refractivity contribution in [2.75, 3.05) is 26.8 Å². The highest BCUT2D eigenvalue weighted by Gasteiger charge is 2.41. The molecule has 0 atom stereocenters. The number of nitrogens with zero attached hydrogens (tertiary/aromatic N) is 1. The van der Waals surface area contributed by atoms with Gasteiger partial charge >= 0.3 is 5.97 Å². The van der Waals surface area contributed by atoms with Gasteiger partial charge < -0.3 is 14.2 Å². The van der Waals surface area contributed by atoms with Crippen LogP contribution in [0.3, 0.4) is 0 Å². The summed E-state index contributed by atoms with van der Waals surface area (Å²) in [5, 5.41) is 0. The van der Waals surface area contributed by atoms with E-state index in [1.54, 1.807) is 0 Å². The first kappa shape index (κ1) is 14.8. The fourth-order valence-corrected chi connectivity index (χ4v) is 2.90. The largest absolute Gasteiger partial charge is 0.462 e.